The Bertz CT molecular complexity index is 162. The largest absolute Gasteiger partial charge is 0.338 e. The molecule has 3 heteroatoms. The van der Waals surface area contributed by atoms with Gasteiger partial charge in [-0.05, 0) is 12.3 Å². The molecule has 3 nitrogen and oxygen atoms in total. The predicted octanol–water partition coefficient (Wildman–Crippen LogP) is 1.84. The van der Waals surface area contributed by atoms with Crippen LogP contribution in [0.4, 0.5) is 4.79 Å². The van der Waals surface area contributed by atoms with Crippen molar-refractivity contribution in [2.45, 2.75) is 32.1 Å². The summed E-state index contributed by atoms with van der Waals surface area (Å²) < 4.78 is 0. The second kappa shape index (κ2) is 5.10. The first-order valence-corrected chi connectivity index (χ1v) is 5.15. The molecule has 1 saturated carbocycles. The standard InChI is InChI=1S/C10H20N2O/c1-12(2)10(13)11-8-7-9-5-3-4-6-9/h9H,3-8H2,1-2H3,(H,11,13). The van der Waals surface area contributed by atoms with Gasteiger partial charge in [0.2, 0.25) is 0 Å². The van der Waals surface area contributed by atoms with Crippen LogP contribution < -0.4 is 5.32 Å². The molecular weight excluding hydrogens is 164 g/mol. The maximum Gasteiger partial charge on any atom is 0.316 e. The monoisotopic (exact) mass is 184 g/mol. The van der Waals surface area contributed by atoms with Crippen molar-refractivity contribution in [1.82, 2.24) is 10.2 Å². The number of urea groups is 1. The van der Waals surface area contributed by atoms with Gasteiger partial charge in [-0.3, -0.25) is 0 Å². The number of nitrogens with zero attached hydrogens (tertiary/aromatic N) is 1. The van der Waals surface area contributed by atoms with Crippen LogP contribution in [0.2, 0.25) is 0 Å². The molecule has 0 spiro atoms. The molecule has 2 amide bonds. The Morgan fingerprint density at radius 1 is 1.38 bits per heavy atom. The zero-order valence-electron chi connectivity index (χ0n) is 8.68. The van der Waals surface area contributed by atoms with Crippen LogP contribution in [0, 0.1) is 5.92 Å². The maximum absolute atomic E-state index is 11.1. The lowest BCUT2D eigenvalue weighted by atomic mass is 10.0. The van der Waals surface area contributed by atoms with E-state index in [0.29, 0.717) is 0 Å². The number of amides is 2. The van der Waals surface area contributed by atoms with Gasteiger partial charge in [0.1, 0.15) is 0 Å². The van der Waals surface area contributed by atoms with Crippen LogP contribution >= 0.6 is 0 Å². The van der Waals surface area contributed by atoms with Gasteiger partial charge in [-0.25, -0.2) is 4.79 Å². The summed E-state index contributed by atoms with van der Waals surface area (Å²) in [6.45, 7) is 0.835. The average molecular weight is 184 g/mol. The van der Waals surface area contributed by atoms with Gasteiger partial charge in [-0.15, -0.1) is 0 Å². The highest BCUT2D eigenvalue weighted by Crippen LogP contribution is 2.26. The van der Waals surface area contributed by atoms with E-state index in [0.717, 1.165) is 18.9 Å². The zero-order valence-corrected chi connectivity index (χ0v) is 8.68. The fraction of sp³-hybridized carbons (Fsp3) is 0.900. The van der Waals surface area contributed by atoms with Crippen molar-refractivity contribution < 1.29 is 4.79 Å². The third kappa shape index (κ3) is 3.66. The van der Waals surface area contributed by atoms with Gasteiger partial charge in [0, 0.05) is 20.6 Å². The van der Waals surface area contributed by atoms with E-state index in [1.807, 2.05) is 0 Å². The molecule has 0 saturated heterocycles. The lowest BCUT2D eigenvalue weighted by Crippen LogP contribution is -2.35. The maximum atomic E-state index is 11.1. The van der Waals surface area contributed by atoms with Gasteiger partial charge in [0.05, 0.1) is 0 Å². The fourth-order valence-corrected chi connectivity index (χ4v) is 1.84. The van der Waals surface area contributed by atoms with Crippen molar-refractivity contribution in [3.05, 3.63) is 0 Å². The molecule has 0 atom stereocenters. The third-order valence-electron chi connectivity index (χ3n) is 2.71. The minimum absolute atomic E-state index is 0.0259. The summed E-state index contributed by atoms with van der Waals surface area (Å²) >= 11 is 0. The highest BCUT2D eigenvalue weighted by atomic mass is 16.2. The molecule has 0 aromatic heterocycles. The lowest BCUT2D eigenvalue weighted by Gasteiger charge is -2.13. The number of hydrogen-bond donors (Lipinski definition) is 1. The zero-order chi connectivity index (χ0) is 9.68. The van der Waals surface area contributed by atoms with Crippen LogP contribution in [-0.2, 0) is 0 Å². The van der Waals surface area contributed by atoms with E-state index < -0.39 is 0 Å². The van der Waals surface area contributed by atoms with Crippen LogP contribution in [0.5, 0.6) is 0 Å². The van der Waals surface area contributed by atoms with Crippen molar-refractivity contribution in [2.24, 2.45) is 5.92 Å². The molecule has 1 aliphatic rings. The summed E-state index contributed by atoms with van der Waals surface area (Å²) in [6.07, 6.45) is 6.63. The summed E-state index contributed by atoms with van der Waals surface area (Å²) in [7, 11) is 3.54. The van der Waals surface area contributed by atoms with Gasteiger partial charge >= 0.3 is 6.03 Å². The van der Waals surface area contributed by atoms with E-state index in [2.05, 4.69) is 5.32 Å². The average Bonchev–Trinajstić information content (AvgIpc) is 2.56. The van der Waals surface area contributed by atoms with Gasteiger partial charge < -0.3 is 10.2 Å². The molecular formula is C10H20N2O. The first-order valence-electron chi connectivity index (χ1n) is 5.15. The van der Waals surface area contributed by atoms with Crippen molar-refractivity contribution in [1.29, 1.82) is 0 Å². The summed E-state index contributed by atoms with van der Waals surface area (Å²) in [5.74, 6) is 0.863. The van der Waals surface area contributed by atoms with E-state index in [1.165, 1.54) is 25.7 Å². The Labute approximate surface area is 80.5 Å². The molecule has 0 bridgehead atoms. The number of carbonyl (C=O) groups excluding carboxylic acids is 1. The number of hydrogen-bond acceptors (Lipinski definition) is 1. The normalized spacial score (nSPS) is 17.4. The number of nitrogens with one attached hydrogen (secondary N) is 1. The molecule has 0 aromatic rings. The lowest BCUT2D eigenvalue weighted by molar-refractivity contribution is 0.216. The van der Waals surface area contributed by atoms with Crippen molar-refractivity contribution in [2.75, 3.05) is 20.6 Å². The molecule has 13 heavy (non-hydrogen) atoms. The van der Waals surface area contributed by atoms with Crippen molar-refractivity contribution in [3.8, 4) is 0 Å². The molecule has 1 fully saturated rings. The Morgan fingerprint density at radius 2 is 2.00 bits per heavy atom. The first kappa shape index (κ1) is 10.4. The molecule has 76 valence electrons. The molecule has 1 rings (SSSR count). The highest BCUT2D eigenvalue weighted by Gasteiger charge is 2.14. The van der Waals surface area contributed by atoms with E-state index in [-0.39, 0.29) is 6.03 Å². The van der Waals surface area contributed by atoms with Crippen LogP contribution in [0.1, 0.15) is 32.1 Å². The van der Waals surface area contributed by atoms with E-state index >= 15 is 0 Å². The van der Waals surface area contributed by atoms with Crippen molar-refractivity contribution in [3.63, 3.8) is 0 Å². The van der Waals surface area contributed by atoms with Crippen LogP contribution in [0.25, 0.3) is 0 Å². The minimum Gasteiger partial charge on any atom is -0.338 e. The third-order valence-corrected chi connectivity index (χ3v) is 2.71. The van der Waals surface area contributed by atoms with Gasteiger partial charge in [0.25, 0.3) is 0 Å². The Hall–Kier alpha value is -0.730. The van der Waals surface area contributed by atoms with Crippen molar-refractivity contribution >= 4 is 6.03 Å². The van der Waals surface area contributed by atoms with Gasteiger partial charge in [-0.1, -0.05) is 25.7 Å². The van der Waals surface area contributed by atoms with Crippen LogP contribution in [0.15, 0.2) is 0 Å². The Kier molecular flexibility index (Phi) is 4.06. The molecule has 0 aromatic carbocycles. The van der Waals surface area contributed by atoms with Gasteiger partial charge in [-0.2, -0.15) is 0 Å². The number of carbonyl (C=O) groups is 1. The molecule has 0 unspecified atom stereocenters. The highest BCUT2D eigenvalue weighted by molar-refractivity contribution is 5.73. The Morgan fingerprint density at radius 3 is 2.54 bits per heavy atom. The quantitative estimate of drug-likeness (QED) is 0.713. The summed E-state index contributed by atoms with van der Waals surface area (Å²) in [4.78, 5) is 12.7. The fourth-order valence-electron chi connectivity index (χ4n) is 1.84. The minimum atomic E-state index is 0.0259. The van der Waals surface area contributed by atoms with E-state index in [1.54, 1.807) is 19.0 Å². The predicted molar refractivity (Wildman–Crippen MR) is 53.7 cm³/mol. The summed E-state index contributed by atoms with van der Waals surface area (Å²) in [5, 5.41) is 2.90. The summed E-state index contributed by atoms with van der Waals surface area (Å²) in [6, 6.07) is 0.0259. The molecule has 1 aliphatic carbocycles. The van der Waals surface area contributed by atoms with Gasteiger partial charge in [0.15, 0.2) is 0 Å². The van der Waals surface area contributed by atoms with Crippen LogP contribution in [-0.4, -0.2) is 31.6 Å². The summed E-state index contributed by atoms with van der Waals surface area (Å²) in [5.41, 5.74) is 0. The first-order chi connectivity index (χ1) is 6.20. The Balaban J connectivity index is 2.03. The smallest absolute Gasteiger partial charge is 0.316 e. The molecule has 0 heterocycles. The van der Waals surface area contributed by atoms with E-state index in [4.69, 9.17) is 0 Å². The number of rotatable bonds is 3. The molecule has 0 aliphatic heterocycles. The second-order valence-corrected chi connectivity index (χ2v) is 4.07. The molecule has 0 radical (unpaired) electrons. The van der Waals surface area contributed by atoms with E-state index in [9.17, 15) is 4.79 Å². The topological polar surface area (TPSA) is 32.3 Å². The van der Waals surface area contributed by atoms with Crippen LogP contribution in [0.3, 0.4) is 0 Å². The second-order valence-electron chi connectivity index (χ2n) is 4.07. The SMILES string of the molecule is CN(C)C(=O)NCCC1CCCC1. The molecule has 1 N–H and O–H groups in total.